The molecule has 4 nitrogen and oxygen atoms in total. The Labute approximate surface area is 65.9 Å². The average molecular weight is 158 g/mol. The van der Waals surface area contributed by atoms with Crippen molar-refractivity contribution < 1.29 is 9.53 Å². The maximum Gasteiger partial charge on any atom is 0.246 e. The zero-order valence-electron chi connectivity index (χ0n) is 6.62. The van der Waals surface area contributed by atoms with Crippen molar-refractivity contribution in [2.45, 2.75) is 38.0 Å². The normalized spacial score (nSPS) is 32.5. The number of primary amides is 1. The number of rotatable bonds is 3. The highest BCUT2D eigenvalue weighted by Gasteiger charge is 2.29. The van der Waals surface area contributed by atoms with Crippen LogP contribution in [-0.2, 0) is 9.53 Å². The van der Waals surface area contributed by atoms with Crippen molar-refractivity contribution in [2.24, 2.45) is 11.5 Å². The minimum atomic E-state index is -0.479. The highest BCUT2D eigenvalue weighted by molar-refractivity contribution is 5.78. The topological polar surface area (TPSA) is 78.3 Å². The van der Waals surface area contributed by atoms with Crippen LogP contribution in [0.25, 0.3) is 0 Å². The molecule has 0 radical (unpaired) electrons. The Morgan fingerprint density at radius 1 is 1.64 bits per heavy atom. The molecule has 0 aromatic heterocycles. The van der Waals surface area contributed by atoms with E-state index in [1.807, 2.05) is 0 Å². The summed E-state index contributed by atoms with van der Waals surface area (Å²) in [5.41, 5.74) is 10.5. The lowest BCUT2D eigenvalue weighted by molar-refractivity contribution is -0.136. The van der Waals surface area contributed by atoms with Gasteiger partial charge in [-0.3, -0.25) is 4.79 Å². The van der Waals surface area contributed by atoms with E-state index in [9.17, 15) is 4.79 Å². The second-order valence-corrected chi connectivity index (χ2v) is 3.03. The third-order valence-electron chi connectivity index (χ3n) is 1.93. The van der Waals surface area contributed by atoms with Crippen molar-refractivity contribution in [3.63, 3.8) is 0 Å². The first kappa shape index (κ1) is 8.49. The molecule has 1 atom stereocenters. The molecule has 0 saturated heterocycles. The predicted molar refractivity (Wildman–Crippen MR) is 40.7 cm³/mol. The molecule has 0 heterocycles. The van der Waals surface area contributed by atoms with Crippen LogP contribution in [0.1, 0.15) is 19.8 Å². The second-order valence-electron chi connectivity index (χ2n) is 3.03. The van der Waals surface area contributed by atoms with Crippen LogP contribution in [0.15, 0.2) is 0 Å². The SMILES string of the molecule is CC(OC1CC(N)C1)C(N)=O. The van der Waals surface area contributed by atoms with E-state index in [1.165, 1.54) is 0 Å². The smallest absolute Gasteiger partial charge is 0.246 e. The summed E-state index contributed by atoms with van der Waals surface area (Å²) in [6.45, 7) is 1.66. The molecule has 1 saturated carbocycles. The van der Waals surface area contributed by atoms with Crippen LogP contribution in [0.3, 0.4) is 0 Å². The highest BCUT2D eigenvalue weighted by Crippen LogP contribution is 2.22. The molecule has 4 N–H and O–H groups in total. The molecule has 1 unspecified atom stereocenters. The number of carbonyl (C=O) groups is 1. The summed E-state index contributed by atoms with van der Waals surface area (Å²) in [6, 6.07) is 0.250. The van der Waals surface area contributed by atoms with Gasteiger partial charge in [0.25, 0.3) is 0 Å². The number of carbonyl (C=O) groups excluding carboxylic acids is 1. The molecule has 0 aliphatic heterocycles. The molecule has 1 aliphatic carbocycles. The van der Waals surface area contributed by atoms with Gasteiger partial charge < -0.3 is 16.2 Å². The lowest BCUT2D eigenvalue weighted by Crippen LogP contribution is -2.45. The van der Waals surface area contributed by atoms with E-state index in [2.05, 4.69) is 0 Å². The fraction of sp³-hybridized carbons (Fsp3) is 0.857. The summed E-state index contributed by atoms with van der Waals surface area (Å²) < 4.78 is 5.26. The van der Waals surface area contributed by atoms with Crippen molar-refractivity contribution in [1.29, 1.82) is 0 Å². The first-order valence-corrected chi connectivity index (χ1v) is 3.80. The third-order valence-corrected chi connectivity index (χ3v) is 1.93. The van der Waals surface area contributed by atoms with Crippen LogP contribution < -0.4 is 11.5 Å². The largest absolute Gasteiger partial charge is 0.367 e. The van der Waals surface area contributed by atoms with Crippen LogP contribution in [0.4, 0.5) is 0 Å². The van der Waals surface area contributed by atoms with E-state index in [4.69, 9.17) is 16.2 Å². The zero-order chi connectivity index (χ0) is 8.43. The van der Waals surface area contributed by atoms with Gasteiger partial charge in [0.2, 0.25) is 5.91 Å². The Morgan fingerprint density at radius 2 is 2.18 bits per heavy atom. The molecule has 1 rings (SSSR count). The fourth-order valence-corrected chi connectivity index (χ4v) is 1.07. The number of hydrogen-bond donors (Lipinski definition) is 2. The number of nitrogens with two attached hydrogens (primary N) is 2. The number of ether oxygens (including phenoxy) is 1. The first-order chi connectivity index (χ1) is 5.09. The van der Waals surface area contributed by atoms with Crippen LogP contribution in [0.5, 0.6) is 0 Å². The van der Waals surface area contributed by atoms with Crippen LogP contribution >= 0.6 is 0 Å². The van der Waals surface area contributed by atoms with Gasteiger partial charge in [-0.05, 0) is 19.8 Å². The van der Waals surface area contributed by atoms with Gasteiger partial charge in [-0.15, -0.1) is 0 Å². The van der Waals surface area contributed by atoms with Gasteiger partial charge in [0, 0.05) is 6.04 Å². The fourth-order valence-electron chi connectivity index (χ4n) is 1.07. The monoisotopic (exact) mass is 158 g/mol. The molecular weight excluding hydrogens is 144 g/mol. The Hall–Kier alpha value is -0.610. The summed E-state index contributed by atoms with van der Waals surface area (Å²) in [5, 5.41) is 0. The molecular formula is C7H14N2O2. The molecule has 0 spiro atoms. The summed E-state index contributed by atoms with van der Waals surface area (Å²) in [6.07, 6.45) is 1.36. The van der Waals surface area contributed by atoms with E-state index >= 15 is 0 Å². The highest BCUT2D eigenvalue weighted by atomic mass is 16.5. The van der Waals surface area contributed by atoms with Gasteiger partial charge in [0.05, 0.1) is 6.10 Å². The van der Waals surface area contributed by atoms with Crippen LogP contribution in [-0.4, -0.2) is 24.2 Å². The lowest BCUT2D eigenvalue weighted by Gasteiger charge is -2.33. The first-order valence-electron chi connectivity index (χ1n) is 3.80. The molecule has 1 aliphatic rings. The summed E-state index contributed by atoms with van der Waals surface area (Å²) in [5.74, 6) is -0.412. The summed E-state index contributed by atoms with van der Waals surface area (Å²) in [7, 11) is 0. The zero-order valence-corrected chi connectivity index (χ0v) is 6.62. The molecule has 1 amide bonds. The molecule has 0 aromatic rings. The van der Waals surface area contributed by atoms with Gasteiger partial charge in [-0.2, -0.15) is 0 Å². The minimum absolute atomic E-state index is 0.146. The van der Waals surface area contributed by atoms with E-state index in [0.717, 1.165) is 12.8 Å². The summed E-state index contributed by atoms with van der Waals surface area (Å²) >= 11 is 0. The minimum Gasteiger partial charge on any atom is -0.367 e. The van der Waals surface area contributed by atoms with Crippen LogP contribution in [0.2, 0.25) is 0 Å². The van der Waals surface area contributed by atoms with Crippen molar-refractivity contribution in [2.75, 3.05) is 0 Å². The van der Waals surface area contributed by atoms with E-state index < -0.39 is 12.0 Å². The molecule has 64 valence electrons. The number of hydrogen-bond acceptors (Lipinski definition) is 3. The van der Waals surface area contributed by atoms with Crippen LogP contribution in [0, 0.1) is 0 Å². The average Bonchev–Trinajstić information content (AvgIpc) is 1.84. The van der Waals surface area contributed by atoms with Crippen molar-refractivity contribution in [1.82, 2.24) is 0 Å². The van der Waals surface area contributed by atoms with Crippen molar-refractivity contribution >= 4 is 5.91 Å². The van der Waals surface area contributed by atoms with Crippen molar-refractivity contribution in [3.05, 3.63) is 0 Å². The molecule has 0 aromatic carbocycles. The van der Waals surface area contributed by atoms with E-state index in [0.29, 0.717) is 0 Å². The Morgan fingerprint density at radius 3 is 2.55 bits per heavy atom. The van der Waals surface area contributed by atoms with Gasteiger partial charge in [-0.25, -0.2) is 0 Å². The Bertz CT molecular complexity index is 155. The predicted octanol–water partition coefficient (Wildman–Crippen LogP) is -0.633. The molecule has 0 bridgehead atoms. The van der Waals surface area contributed by atoms with E-state index in [1.54, 1.807) is 6.92 Å². The van der Waals surface area contributed by atoms with Gasteiger partial charge in [-0.1, -0.05) is 0 Å². The Balaban J connectivity index is 2.16. The second kappa shape index (κ2) is 3.19. The quantitative estimate of drug-likeness (QED) is 0.573. The maximum absolute atomic E-state index is 10.5. The van der Waals surface area contributed by atoms with Gasteiger partial charge >= 0.3 is 0 Å². The Kier molecular flexibility index (Phi) is 2.46. The number of amides is 1. The summed E-state index contributed by atoms with van der Waals surface area (Å²) in [4.78, 5) is 10.5. The lowest BCUT2D eigenvalue weighted by atomic mass is 9.90. The van der Waals surface area contributed by atoms with E-state index in [-0.39, 0.29) is 12.1 Å². The maximum atomic E-state index is 10.5. The third kappa shape index (κ3) is 2.17. The van der Waals surface area contributed by atoms with Gasteiger partial charge in [0.15, 0.2) is 0 Å². The van der Waals surface area contributed by atoms with Crippen molar-refractivity contribution in [3.8, 4) is 0 Å². The molecule has 1 fully saturated rings. The standard InChI is InChI=1S/C7H14N2O2/c1-4(7(9)10)11-6-2-5(8)3-6/h4-6H,2-3,8H2,1H3,(H2,9,10). The molecule has 11 heavy (non-hydrogen) atoms. The molecule has 4 heteroatoms. The van der Waals surface area contributed by atoms with Gasteiger partial charge in [0.1, 0.15) is 6.10 Å².